The van der Waals surface area contributed by atoms with E-state index in [4.69, 9.17) is 4.99 Å². The molecule has 1 saturated heterocycles. The lowest BCUT2D eigenvalue weighted by molar-refractivity contribution is 0.0378. The summed E-state index contributed by atoms with van der Waals surface area (Å²) >= 11 is 0. The van der Waals surface area contributed by atoms with E-state index >= 15 is 0 Å². The highest BCUT2D eigenvalue weighted by atomic mass is 15.2. The molecule has 6 rings (SSSR count). The molecule has 0 bridgehead atoms. The number of hydrogen-bond acceptors (Lipinski definition) is 3. The highest BCUT2D eigenvalue weighted by molar-refractivity contribution is 5.95. The third kappa shape index (κ3) is 4.22. The molecule has 1 fully saturated rings. The van der Waals surface area contributed by atoms with E-state index in [2.05, 4.69) is 152 Å². The fourth-order valence-corrected chi connectivity index (χ4v) is 6.83. The first-order valence-corrected chi connectivity index (χ1v) is 13.3. The smallest absolute Gasteiger partial charge is 0.126 e. The first-order chi connectivity index (χ1) is 18.1. The van der Waals surface area contributed by atoms with E-state index in [0.717, 1.165) is 0 Å². The predicted octanol–water partition coefficient (Wildman–Crippen LogP) is 7.54. The summed E-state index contributed by atoms with van der Waals surface area (Å²) in [6.45, 7) is 4.78. The molecule has 1 N–H and O–H groups in total. The van der Waals surface area contributed by atoms with Crippen molar-refractivity contribution in [2.24, 2.45) is 16.3 Å². The van der Waals surface area contributed by atoms with Crippen LogP contribution in [0.2, 0.25) is 0 Å². The van der Waals surface area contributed by atoms with Gasteiger partial charge in [0.15, 0.2) is 0 Å². The maximum atomic E-state index is 5.57. The van der Waals surface area contributed by atoms with Crippen LogP contribution >= 0.6 is 0 Å². The van der Waals surface area contributed by atoms with Gasteiger partial charge in [-0.15, -0.1) is 0 Å². The van der Waals surface area contributed by atoms with Crippen molar-refractivity contribution in [1.82, 2.24) is 10.2 Å². The average molecular weight is 486 g/mol. The van der Waals surface area contributed by atoms with E-state index in [-0.39, 0.29) is 35.6 Å². The van der Waals surface area contributed by atoms with Crippen LogP contribution in [0, 0.1) is 11.3 Å². The van der Waals surface area contributed by atoms with E-state index < -0.39 is 0 Å². The van der Waals surface area contributed by atoms with Gasteiger partial charge in [0.25, 0.3) is 0 Å². The molecule has 0 aromatic heterocycles. The van der Waals surface area contributed by atoms with Gasteiger partial charge in [-0.3, -0.25) is 15.2 Å². The highest BCUT2D eigenvalue weighted by Crippen LogP contribution is 2.56. The van der Waals surface area contributed by atoms with Crippen molar-refractivity contribution in [3.8, 4) is 0 Å². The summed E-state index contributed by atoms with van der Waals surface area (Å²) in [6, 6.07) is 44.1. The van der Waals surface area contributed by atoms with Gasteiger partial charge < -0.3 is 0 Å². The average Bonchev–Trinajstić information content (AvgIpc) is 2.95. The molecule has 2 aliphatic rings. The Morgan fingerprint density at radius 3 is 1.62 bits per heavy atom. The summed E-state index contributed by atoms with van der Waals surface area (Å²) in [6.07, 6.45) is -0.0896. The molecule has 3 nitrogen and oxygen atoms in total. The Morgan fingerprint density at radius 2 is 1.08 bits per heavy atom. The molecular formula is C34H35N3. The molecule has 0 aliphatic carbocycles. The predicted molar refractivity (Wildman–Crippen MR) is 152 cm³/mol. The number of nitrogens with one attached hydrogen (secondary N) is 1. The maximum Gasteiger partial charge on any atom is 0.126 e. The molecular weight excluding hydrogens is 450 g/mol. The number of piperidine rings is 1. The Bertz CT molecular complexity index is 1350. The van der Waals surface area contributed by atoms with Gasteiger partial charge in [0.05, 0.1) is 0 Å². The van der Waals surface area contributed by atoms with Crippen molar-refractivity contribution in [3.63, 3.8) is 0 Å². The lowest BCUT2D eigenvalue weighted by Gasteiger charge is -2.57. The molecule has 0 spiro atoms. The molecule has 3 heteroatoms. The number of benzene rings is 4. The second-order valence-electron chi connectivity index (χ2n) is 11.0. The third-order valence-corrected chi connectivity index (χ3v) is 8.34. The minimum atomic E-state index is -0.172. The second-order valence-corrected chi connectivity index (χ2v) is 11.0. The Hall–Kier alpha value is -3.53. The van der Waals surface area contributed by atoms with Crippen LogP contribution in [0.3, 0.4) is 0 Å². The normalized spacial score (nSPS) is 27.2. The van der Waals surface area contributed by atoms with Crippen LogP contribution in [0.4, 0.5) is 0 Å². The zero-order chi connectivity index (χ0) is 25.4. The quantitative estimate of drug-likeness (QED) is 0.323. The zero-order valence-electron chi connectivity index (χ0n) is 21.8. The number of rotatable bonds is 4. The number of fused-ring (bicyclic) bond motifs is 1. The molecule has 2 heterocycles. The van der Waals surface area contributed by atoms with Crippen LogP contribution in [0.5, 0.6) is 0 Å². The van der Waals surface area contributed by atoms with Crippen molar-refractivity contribution in [2.75, 3.05) is 7.05 Å². The van der Waals surface area contributed by atoms with E-state index in [1.54, 1.807) is 0 Å². The van der Waals surface area contributed by atoms with Gasteiger partial charge >= 0.3 is 0 Å². The van der Waals surface area contributed by atoms with Crippen LogP contribution in [-0.2, 0) is 0 Å². The highest BCUT2D eigenvalue weighted by Gasteiger charge is 2.55. The monoisotopic (exact) mass is 485 g/mol. The third-order valence-electron chi connectivity index (χ3n) is 8.34. The molecule has 0 radical (unpaired) electrons. The summed E-state index contributed by atoms with van der Waals surface area (Å²) in [4.78, 5) is 8.17. The Morgan fingerprint density at radius 1 is 0.622 bits per heavy atom. The van der Waals surface area contributed by atoms with E-state index in [1.807, 2.05) is 0 Å². The van der Waals surface area contributed by atoms with Gasteiger partial charge in [-0.2, -0.15) is 0 Å². The molecule has 5 atom stereocenters. The van der Waals surface area contributed by atoms with Crippen molar-refractivity contribution in [2.45, 2.75) is 38.1 Å². The number of aliphatic imine (C=N–C) groups is 1. The standard InChI is InChI=1S/C34H35N3/c1-34(2)31-28(29(24-16-8-4-9-17-24)35-33(36-31)27-22-14-7-15-23-27)30(25-18-10-5-11-19-25)37(3)32(34)26-20-12-6-13-21-26/h4-23,28-30,32-33,35H,1-3H3. The Kier molecular flexibility index (Phi) is 6.27. The molecule has 5 unspecified atom stereocenters. The van der Waals surface area contributed by atoms with Gasteiger partial charge in [-0.1, -0.05) is 135 Å². The lowest BCUT2D eigenvalue weighted by atomic mass is 9.61. The van der Waals surface area contributed by atoms with Crippen LogP contribution in [-0.4, -0.2) is 17.7 Å². The largest absolute Gasteiger partial charge is 0.291 e. The molecule has 2 aliphatic heterocycles. The van der Waals surface area contributed by atoms with Crippen molar-refractivity contribution < 1.29 is 0 Å². The van der Waals surface area contributed by atoms with E-state index in [0.29, 0.717) is 0 Å². The summed E-state index contributed by atoms with van der Waals surface area (Å²) in [5, 5.41) is 3.98. The molecule has 4 aromatic carbocycles. The van der Waals surface area contributed by atoms with Gasteiger partial charge in [-0.05, 0) is 29.3 Å². The first kappa shape index (κ1) is 23.8. The number of likely N-dealkylation sites (tertiary alicyclic amines) is 1. The number of nitrogens with zero attached hydrogens (tertiary/aromatic N) is 2. The molecule has 186 valence electrons. The Labute approximate surface area is 220 Å². The van der Waals surface area contributed by atoms with Gasteiger partial charge in [0.2, 0.25) is 0 Å². The molecule has 4 aromatic rings. The van der Waals surface area contributed by atoms with Crippen LogP contribution in [0.25, 0.3) is 0 Å². The minimum Gasteiger partial charge on any atom is -0.291 e. The van der Waals surface area contributed by atoms with Crippen LogP contribution in [0.1, 0.15) is 60.4 Å². The van der Waals surface area contributed by atoms with Gasteiger partial charge in [0.1, 0.15) is 6.17 Å². The van der Waals surface area contributed by atoms with Gasteiger partial charge in [0, 0.05) is 35.2 Å². The number of hydrogen-bond donors (Lipinski definition) is 1. The summed E-state index contributed by atoms with van der Waals surface area (Å²) in [5.74, 6) is 0.185. The summed E-state index contributed by atoms with van der Waals surface area (Å²) < 4.78 is 0. The second kappa shape index (κ2) is 9.74. The zero-order valence-corrected chi connectivity index (χ0v) is 21.8. The van der Waals surface area contributed by atoms with Crippen molar-refractivity contribution in [3.05, 3.63) is 144 Å². The molecule has 0 saturated carbocycles. The summed E-state index contributed by atoms with van der Waals surface area (Å²) in [7, 11) is 2.30. The summed E-state index contributed by atoms with van der Waals surface area (Å²) in [5.41, 5.74) is 6.31. The topological polar surface area (TPSA) is 27.6 Å². The maximum absolute atomic E-state index is 5.57. The van der Waals surface area contributed by atoms with Crippen LogP contribution < -0.4 is 5.32 Å². The minimum absolute atomic E-state index is 0.0896. The fourth-order valence-electron chi connectivity index (χ4n) is 6.83. The fraction of sp³-hybridized carbons (Fsp3) is 0.265. The van der Waals surface area contributed by atoms with E-state index in [1.165, 1.54) is 28.0 Å². The Balaban J connectivity index is 1.59. The first-order valence-electron chi connectivity index (χ1n) is 13.3. The van der Waals surface area contributed by atoms with Crippen molar-refractivity contribution >= 4 is 5.71 Å². The van der Waals surface area contributed by atoms with Crippen molar-refractivity contribution in [1.29, 1.82) is 0 Å². The molecule has 0 amide bonds. The van der Waals surface area contributed by atoms with Gasteiger partial charge in [-0.25, -0.2) is 0 Å². The lowest BCUT2D eigenvalue weighted by Crippen LogP contribution is -2.59. The van der Waals surface area contributed by atoms with E-state index in [9.17, 15) is 0 Å². The van der Waals surface area contributed by atoms with Crippen LogP contribution in [0.15, 0.2) is 126 Å². The molecule has 37 heavy (non-hydrogen) atoms. The SMILES string of the molecule is CN1C(c2ccccc2)C2C(=NC(c3ccccc3)NC2c2ccccc2)C(C)(C)C1c1ccccc1.